The van der Waals surface area contributed by atoms with Gasteiger partial charge in [0, 0.05) is 0 Å². The van der Waals surface area contributed by atoms with Crippen LogP contribution in [0.3, 0.4) is 0 Å². The molecule has 72 valence electrons. The molecule has 1 nitrogen and oxygen atoms in total. The largest absolute Gasteiger partial charge is 0.378 e. The maximum absolute atomic E-state index is 5.80. The first kappa shape index (κ1) is 10.0. The van der Waals surface area contributed by atoms with Gasteiger partial charge in [-0.05, 0) is 24.2 Å². The van der Waals surface area contributed by atoms with E-state index in [4.69, 9.17) is 4.74 Å². The standard InChI is InChI=1S/C11H22O/c1-5-6-10-7-9(2)11(3,4)8-12-10/h9-10H,5-8H2,1-4H3/t9-,10+/m1/s1. The van der Waals surface area contributed by atoms with Crippen molar-refractivity contribution < 1.29 is 4.74 Å². The van der Waals surface area contributed by atoms with Gasteiger partial charge in [0.05, 0.1) is 12.7 Å². The molecule has 1 heterocycles. The van der Waals surface area contributed by atoms with Crippen LogP contribution in [0.25, 0.3) is 0 Å². The van der Waals surface area contributed by atoms with E-state index in [0.717, 1.165) is 12.5 Å². The van der Waals surface area contributed by atoms with Gasteiger partial charge in [0.2, 0.25) is 0 Å². The molecule has 0 bridgehead atoms. The van der Waals surface area contributed by atoms with Crippen LogP contribution in [0.5, 0.6) is 0 Å². The summed E-state index contributed by atoms with van der Waals surface area (Å²) in [5.41, 5.74) is 0.393. The molecule has 1 heteroatoms. The van der Waals surface area contributed by atoms with Crippen molar-refractivity contribution in [3.8, 4) is 0 Å². The van der Waals surface area contributed by atoms with Crippen molar-refractivity contribution in [3.63, 3.8) is 0 Å². The Balaban J connectivity index is 2.41. The Morgan fingerprint density at radius 2 is 2.08 bits per heavy atom. The zero-order chi connectivity index (χ0) is 9.19. The van der Waals surface area contributed by atoms with Crippen LogP contribution in [0.1, 0.15) is 47.0 Å². The van der Waals surface area contributed by atoms with E-state index in [-0.39, 0.29) is 0 Å². The van der Waals surface area contributed by atoms with Crippen molar-refractivity contribution in [3.05, 3.63) is 0 Å². The predicted molar refractivity (Wildman–Crippen MR) is 52.2 cm³/mol. The number of hydrogen-bond acceptors (Lipinski definition) is 1. The Labute approximate surface area is 76.5 Å². The van der Waals surface area contributed by atoms with Gasteiger partial charge in [-0.2, -0.15) is 0 Å². The lowest BCUT2D eigenvalue weighted by atomic mass is 9.75. The lowest BCUT2D eigenvalue weighted by Gasteiger charge is -2.40. The monoisotopic (exact) mass is 170 g/mol. The van der Waals surface area contributed by atoms with Gasteiger partial charge < -0.3 is 4.74 Å². The van der Waals surface area contributed by atoms with Crippen LogP contribution < -0.4 is 0 Å². The minimum atomic E-state index is 0.393. The van der Waals surface area contributed by atoms with E-state index in [2.05, 4.69) is 27.7 Å². The molecular weight excluding hydrogens is 148 g/mol. The molecule has 0 aromatic carbocycles. The highest BCUT2D eigenvalue weighted by atomic mass is 16.5. The third-order valence-electron chi connectivity index (χ3n) is 3.25. The van der Waals surface area contributed by atoms with Gasteiger partial charge in [-0.15, -0.1) is 0 Å². The molecule has 0 amide bonds. The van der Waals surface area contributed by atoms with Crippen molar-refractivity contribution in [1.82, 2.24) is 0 Å². The molecule has 0 aromatic rings. The first-order valence-corrected chi connectivity index (χ1v) is 5.18. The molecule has 0 radical (unpaired) electrons. The summed E-state index contributed by atoms with van der Waals surface area (Å²) in [4.78, 5) is 0. The summed E-state index contributed by atoms with van der Waals surface area (Å²) >= 11 is 0. The fraction of sp³-hybridized carbons (Fsp3) is 1.00. The van der Waals surface area contributed by atoms with Crippen LogP contribution in [0.2, 0.25) is 0 Å². The van der Waals surface area contributed by atoms with Gasteiger partial charge >= 0.3 is 0 Å². The average Bonchev–Trinajstić information content (AvgIpc) is 1.98. The van der Waals surface area contributed by atoms with Gasteiger partial charge in [0.15, 0.2) is 0 Å². The van der Waals surface area contributed by atoms with E-state index < -0.39 is 0 Å². The van der Waals surface area contributed by atoms with E-state index in [1.54, 1.807) is 0 Å². The SMILES string of the molecule is CCC[C@H]1C[C@@H](C)C(C)(C)CO1. The Kier molecular flexibility index (Phi) is 3.16. The van der Waals surface area contributed by atoms with Gasteiger partial charge in [-0.1, -0.05) is 34.1 Å². The van der Waals surface area contributed by atoms with Gasteiger partial charge in [-0.3, -0.25) is 0 Å². The van der Waals surface area contributed by atoms with Gasteiger partial charge in [0.25, 0.3) is 0 Å². The zero-order valence-corrected chi connectivity index (χ0v) is 8.89. The smallest absolute Gasteiger partial charge is 0.0578 e. The molecule has 0 N–H and O–H groups in total. The van der Waals surface area contributed by atoms with E-state index in [0.29, 0.717) is 11.5 Å². The van der Waals surface area contributed by atoms with Gasteiger partial charge in [0.1, 0.15) is 0 Å². The molecule has 0 saturated carbocycles. The summed E-state index contributed by atoms with van der Waals surface area (Å²) in [6, 6.07) is 0. The molecule has 0 spiro atoms. The molecule has 1 fully saturated rings. The topological polar surface area (TPSA) is 9.23 Å². The highest BCUT2D eigenvalue weighted by Crippen LogP contribution is 2.36. The minimum Gasteiger partial charge on any atom is -0.378 e. The summed E-state index contributed by atoms with van der Waals surface area (Å²) in [5.74, 6) is 0.808. The quantitative estimate of drug-likeness (QED) is 0.618. The number of ether oxygens (including phenoxy) is 1. The normalized spacial score (nSPS) is 35.0. The van der Waals surface area contributed by atoms with E-state index in [1.165, 1.54) is 19.3 Å². The summed E-state index contributed by atoms with van der Waals surface area (Å²) in [6.07, 6.45) is 4.28. The van der Waals surface area contributed by atoms with Crippen LogP contribution in [0.4, 0.5) is 0 Å². The summed E-state index contributed by atoms with van der Waals surface area (Å²) in [6.45, 7) is 10.1. The first-order valence-electron chi connectivity index (χ1n) is 5.18. The van der Waals surface area contributed by atoms with E-state index >= 15 is 0 Å². The molecule has 0 aromatic heterocycles. The maximum atomic E-state index is 5.80. The minimum absolute atomic E-state index is 0.393. The lowest BCUT2D eigenvalue weighted by Crippen LogP contribution is -2.38. The van der Waals surface area contributed by atoms with Crippen molar-refractivity contribution in [2.45, 2.75) is 53.1 Å². The molecule has 1 saturated heterocycles. The van der Waals surface area contributed by atoms with Crippen molar-refractivity contribution in [2.24, 2.45) is 11.3 Å². The Morgan fingerprint density at radius 3 is 2.58 bits per heavy atom. The summed E-state index contributed by atoms with van der Waals surface area (Å²) < 4.78 is 5.80. The highest BCUT2D eigenvalue weighted by molar-refractivity contribution is 4.82. The lowest BCUT2D eigenvalue weighted by molar-refractivity contribution is -0.0818. The third-order valence-corrected chi connectivity index (χ3v) is 3.25. The van der Waals surface area contributed by atoms with Gasteiger partial charge in [-0.25, -0.2) is 0 Å². The Hall–Kier alpha value is -0.0400. The van der Waals surface area contributed by atoms with Crippen LogP contribution >= 0.6 is 0 Å². The van der Waals surface area contributed by atoms with Crippen molar-refractivity contribution in [2.75, 3.05) is 6.61 Å². The summed E-state index contributed by atoms with van der Waals surface area (Å²) in [5, 5.41) is 0. The molecule has 12 heavy (non-hydrogen) atoms. The zero-order valence-electron chi connectivity index (χ0n) is 8.89. The van der Waals surface area contributed by atoms with E-state index in [9.17, 15) is 0 Å². The van der Waals surface area contributed by atoms with E-state index in [1.807, 2.05) is 0 Å². The van der Waals surface area contributed by atoms with Crippen LogP contribution in [-0.4, -0.2) is 12.7 Å². The molecule has 1 aliphatic rings. The molecule has 0 unspecified atom stereocenters. The predicted octanol–water partition coefficient (Wildman–Crippen LogP) is 3.24. The second-order valence-corrected chi connectivity index (χ2v) is 4.85. The molecule has 1 rings (SSSR count). The fourth-order valence-corrected chi connectivity index (χ4v) is 1.78. The average molecular weight is 170 g/mol. The third kappa shape index (κ3) is 2.22. The Bertz CT molecular complexity index is 140. The Morgan fingerprint density at radius 1 is 1.42 bits per heavy atom. The van der Waals surface area contributed by atoms with Crippen LogP contribution in [-0.2, 0) is 4.74 Å². The second kappa shape index (κ2) is 3.78. The molecule has 2 atom stereocenters. The second-order valence-electron chi connectivity index (χ2n) is 4.85. The highest BCUT2D eigenvalue weighted by Gasteiger charge is 2.33. The number of rotatable bonds is 2. The van der Waals surface area contributed by atoms with Crippen molar-refractivity contribution in [1.29, 1.82) is 0 Å². The van der Waals surface area contributed by atoms with Crippen LogP contribution in [0, 0.1) is 11.3 Å². The first-order chi connectivity index (χ1) is 5.56. The number of hydrogen-bond donors (Lipinski definition) is 0. The van der Waals surface area contributed by atoms with Crippen LogP contribution in [0.15, 0.2) is 0 Å². The summed E-state index contributed by atoms with van der Waals surface area (Å²) in [7, 11) is 0. The van der Waals surface area contributed by atoms with Crippen molar-refractivity contribution >= 4 is 0 Å². The molecular formula is C11H22O. The molecule has 1 aliphatic heterocycles. The maximum Gasteiger partial charge on any atom is 0.0578 e. The molecule has 0 aliphatic carbocycles. The fourth-order valence-electron chi connectivity index (χ4n) is 1.78.